The summed E-state index contributed by atoms with van der Waals surface area (Å²) in [5.41, 5.74) is 6.62. The first-order chi connectivity index (χ1) is 4.62. The van der Waals surface area contributed by atoms with Crippen molar-refractivity contribution >= 4 is 0 Å². The molecule has 2 fully saturated rings. The highest BCUT2D eigenvalue weighted by Crippen LogP contribution is 2.45. The van der Waals surface area contributed by atoms with Gasteiger partial charge in [0.25, 0.3) is 0 Å². The molecule has 1 saturated carbocycles. The molecule has 1 aliphatic carbocycles. The van der Waals surface area contributed by atoms with Gasteiger partial charge in [0, 0.05) is 11.0 Å². The molecule has 10 heavy (non-hydrogen) atoms. The van der Waals surface area contributed by atoms with Crippen molar-refractivity contribution in [2.45, 2.75) is 31.7 Å². The molecule has 0 spiro atoms. The summed E-state index contributed by atoms with van der Waals surface area (Å²) in [6.07, 6.45) is 3.62. The van der Waals surface area contributed by atoms with Crippen molar-refractivity contribution in [3.05, 3.63) is 0 Å². The number of hydrogen-bond acceptors (Lipinski definition) is 2. The van der Waals surface area contributed by atoms with E-state index in [1.54, 1.807) is 0 Å². The van der Waals surface area contributed by atoms with Gasteiger partial charge >= 0.3 is 0 Å². The Morgan fingerprint density at radius 1 is 1.40 bits per heavy atom. The zero-order valence-corrected chi connectivity index (χ0v) is 6.52. The summed E-state index contributed by atoms with van der Waals surface area (Å²) in [4.78, 5) is 0. The van der Waals surface area contributed by atoms with Gasteiger partial charge in [0.2, 0.25) is 0 Å². The normalized spacial score (nSPS) is 33.0. The molecule has 2 nitrogen and oxygen atoms in total. The van der Waals surface area contributed by atoms with E-state index in [9.17, 15) is 0 Å². The van der Waals surface area contributed by atoms with E-state index in [0.717, 1.165) is 13.2 Å². The Labute approximate surface area is 61.7 Å². The van der Waals surface area contributed by atoms with Gasteiger partial charge in [-0.1, -0.05) is 6.92 Å². The maximum atomic E-state index is 5.99. The monoisotopic (exact) mass is 141 g/mol. The van der Waals surface area contributed by atoms with Crippen LogP contribution in [0.2, 0.25) is 0 Å². The van der Waals surface area contributed by atoms with Crippen molar-refractivity contribution in [1.82, 2.24) is 0 Å². The van der Waals surface area contributed by atoms with Crippen molar-refractivity contribution in [3.8, 4) is 0 Å². The van der Waals surface area contributed by atoms with Gasteiger partial charge in [0.1, 0.15) is 0 Å². The molecule has 2 N–H and O–H groups in total. The number of hydrogen-bond donors (Lipinski definition) is 1. The summed E-state index contributed by atoms with van der Waals surface area (Å²) < 4.78 is 5.16. The largest absolute Gasteiger partial charge is 0.380 e. The van der Waals surface area contributed by atoms with Gasteiger partial charge in [-0.25, -0.2) is 0 Å². The average Bonchev–Trinajstić information content (AvgIpc) is 2.44. The summed E-state index contributed by atoms with van der Waals surface area (Å²) in [5.74, 6) is 0. The van der Waals surface area contributed by atoms with Crippen LogP contribution < -0.4 is 5.73 Å². The fourth-order valence-corrected chi connectivity index (χ4v) is 1.74. The summed E-state index contributed by atoms with van der Waals surface area (Å²) in [7, 11) is 0. The highest BCUT2D eigenvalue weighted by atomic mass is 16.5. The van der Waals surface area contributed by atoms with E-state index >= 15 is 0 Å². The molecule has 0 amide bonds. The molecule has 0 aromatic heterocycles. The standard InChI is InChI=1S/C8H15NO/c1-7(5-10-6-7)4-8(9)2-3-8/h2-6,9H2,1H3. The molecule has 2 aliphatic rings. The molecular weight excluding hydrogens is 126 g/mol. The lowest BCUT2D eigenvalue weighted by molar-refractivity contribution is -0.109. The SMILES string of the molecule is CC1(CC2(N)CC2)COC1. The van der Waals surface area contributed by atoms with Crippen LogP contribution in [0.25, 0.3) is 0 Å². The molecule has 1 aliphatic heterocycles. The lowest BCUT2D eigenvalue weighted by Crippen LogP contribution is -2.45. The van der Waals surface area contributed by atoms with Gasteiger partial charge in [-0.3, -0.25) is 0 Å². The highest BCUT2D eigenvalue weighted by Gasteiger charge is 2.47. The first-order valence-corrected chi connectivity index (χ1v) is 3.99. The van der Waals surface area contributed by atoms with Crippen LogP contribution in [0, 0.1) is 5.41 Å². The Morgan fingerprint density at radius 2 is 2.00 bits per heavy atom. The Bertz CT molecular complexity index is 147. The van der Waals surface area contributed by atoms with Crippen LogP contribution >= 0.6 is 0 Å². The molecule has 0 radical (unpaired) electrons. The lowest BCUT2D eigenvalue weighted by atomic mass is 9.81. The number of ether oxygens (including phenoxy) is 1. The maximum absolute atomic E-state index is 5.99. The Balaban J connectivity index is 1.89. The minimum absolute atomic E-state index is 0.207. The second-order valence-corrected chi connectivity index (χ2v) is 4.34. The van der Waals surface area contributed by atoms with Crippen LogP contribution in [-0.2, 0) is 4.74 Å². The van der Waals surface area contributed by atoms with Gasteiger partial charge in [-0.2, -0.15) is 0 Å². The second-order valence-electron chi connectivity index (χ2n) is 4.34. The van der Waals surface area contributed by atoms with Crippen LogP contribution in [-0.4, -0.2) is 18.8 Å². The van der Waals surface area contributed by atoms with Crippen molar-refractivity contribution in [3.63, 3.8) is 0 Å². The smallest absolute Gasteiger partial charge is 0.0542 e. The molecule has 0 atom stereocenters. The van der Waals surface area contributed by atoms with Crippen LogP contribution in [0.4, 0.5) is 0 Å². The molecule has 0 bridgehead atoms. The zero-order valence-electron chi connectivity index (χ0n) is 6.52. The van der Waals surface area contributed by atoms with E-state index in [2.05, 4.69) is 6.92 Å². The number of rotatable bonds is 2. The second kappa shape index (κ2) is 1.74. The molecule has 58 valence electrons. The molecule has 0 aromatic carbocycles. The van der Waals surface area contributed by atoms with E-state index in [1.807, 2.05) is 0 Å². The molecule has 1 heterocycles. The predicted molar refractivity (Wildman–Crippen MR) is 39.7 cm³/mol. The average molecular weight is 141 g/mol. The first-order valence-electron chi connectivity index (χ1n) is 3.99. The highest BCUT2D eigenvalue weighted by molar-refractivity contribution is 5.03. The van der Waals surface area contributed by atoms with Gasteiger partial charge in [0.05, 0.1) is 13.2 Å². The fourth-order valence-electron chi connectivity index (χ4n) is 1.74. The van der Waals surface area contributed by atoms with Crippen LogP contribution in [0.5, 0.6) is 0 Å². The van der Waals surface area contributed by atoms with Crippen LogP contribution in [0.3, 0.4) is 0 Å². The Hall–Kier alpha value is -0.0800. The van der Waals surface area contributed by atoms with E-state index in [0.29, 0.717) is 5.41 Å². The molecule has 2 rings (SSSR count). The Morgan fingerprint density at radius 3 is 2.30 bits per heavy atom. The summed E-state index contributed by atoms with van der Waals surface area (Å²) >= 11 is 0. The third kappa shape index (κ3) is 1.06. The minimum atomic E-state index is 0.207. The van der Waals surface area contributed by atoms with E-state index < -0.39 is 0 Å². The van der Waals surface area contributed by atoms with Crippen molar-refractivity contribution in [2.24, 2.45) is 11.1 Å². The molecule has 2 heteroatoms. The van der Waals surface area contributed by atoms with Gasteiger partial charge < -0.3 is 10.5 Å². The third-order valence-corrected chi connectivity index (χ3v) is 2.57. The van der Waals surface area contributed by atoms with E-state index in [1.165, 1.54) is 19.3 Å². The van der Waals surface area contributed by atoms with Crippen LogP contribution in [0.1, 0.15) is 26.2 Å². The minimum Gasteiger partial charge on any atom is -0.380 e. The van der Waals surface area contributed by atoms with Crippen molar-refractivity contribution < 1.29 is 4.74 Å². The van der Waals surface area contributed by atoms with E-state index in [4.69, 9.17) is 10.5 Å². The summed E-state index contributed by atoms with van der Waals surface area (Å²) in [6.45, 7) is 4.11. The van der Waals surface area contributed by atoms with Gasteiger partial charge in [0.15, 0.2) is 0 Å². The first kappa shape index (κ1) is 6.62. The summed E-state index contributed by atoms with van der Waals surface area (Å²) in [6, 6.07) is 0. The number of nitrogens with two attached hydrogens (primary N) is 1. The zero-order chi connectivity index (χ0) is 7.24. The topological polar surface area (TPSA) is 35.2 Å². The van der Waals surface area contributed by atoms with Crippen molar-refractivity contribution in [2.75, 3.05) is 13.2 Å². The molecule has 0 aromatic rings. The fraction of sp³-hybridized carbons (Fsp3) is 1.00. The Kier molecular flexibility index (Phi) is 1.15. The molecule has 0 unspecified atom stereocenters. The van der Waals surface area contributed by atoms with Crippen molar-refractivity contribution in [1.29, 1.82) is 0 Å². The quantitative estimate of drug-likeness (QED) is 0.620. The maximum Gasteiger partial charge on any atom is 0.0542 e. The van der Waals surface area contributed by atoms with Gasteiger partial charge in [-0.05, 0) is 19.3 Å². The predicted octanol–water partition coefficient (Wildman–Crippen LogP) is 0.904. The third-order valence-electron chi connectivity index (χ3n) is 2.57. The van der Waals surface area contributed by atoms with E-state index in [-0.39, 0.29) is 5.54 Å². The van der Waals surface area contributed by atoms with Crippen LogP contribution in [0.15, 0.2) is 0 Å². The summed E-state index contributed by atoms with van der Waals surface area (Å²) in [5, 5.41) is 0. The molecule has 1 saturated heterocycles. The molecular formula is C8H15NO. The lowest BCUT2D eigenvalue weighted by Gasteiger charge is -2.40. The van der Waals surface area contributed by atoms with Gasteiger partial charge in [-0.15, -0.1) is 0 Å².